The first-order valence-electron chi connectivity index (χ1n) is 8.60. The largest absolute Gasteiger partial charge is 0.326 e. The molecular weight excluding hydrogens is 314 g/mol. The molecule has 5 nitrogen and oxygen atoms in total. The summed E-state index contributed by atoms with van der Waals surface area (Å²) in [7, 11) is 1.75. The van der Waals surface area contributed by atoms with E-state index in [1.165, 1.54) is 0 Å². The van der Waals surface area contributed by atoms with Crippen molar-refractivity contribution < 1.29 is 9.59 Å². The number of carbonyl (C=O) groups excluding carboxylic acids is 2. The molecule has 1 aliphatic heterocycles. The third-order valence-corrected chi connectivity index (χ3v) is 4.49. The van der Waals surface area contributed by atoms with Crippen molar-refractivity contribution in [2.24, 2.45) is 5.92 Å². The van der Waals surface area contributed by atoms with Gasteiger partial charge in [0.25, 0.3) is 5.91 Å². The maximum absolute atomic E-state index is 12.7. The van der Waals surface area contributed by atoms with Gasteiger partial charge in [-0.25, -0.2) is 0 Å². The summed E-state index contributed by atoms with van der Waals surface area (Å²) in [5.74, 6) is -0.116. The fraction of sp³-hybridized carbons (Fsp3) is 0.300. The van der Waals surface area contributed by atoms with Crippen LogP contribution < -0.4 is 15.5 Å². The normalized spacial score (nSPS) is 16.9. The number of piperidine rings is 1. The lowest BCUT2D eigenvalue weighted by Gasteiger charge is -2.22. The highest BCUT2D eigenvalue weighted by molar-refractivity contribution is 6.06. The van der Waals surface area contributed by atoms with Crippen LogP contribution >= 0.6 is 0 Å². The second kappa shape index (κ2) is 7.94. The van der Waals surface area contributed by atoms with Gasteiger partial charge in [0.2, 0.25) is 5.91 Å². The van der Waals surface area contributed by atoms with Crippen molar-refractivity contribution in [3.05, 3.63) is 60.2 Å². The van der Waals surface area contributed by atoms with Crippen LogP contribution in [-0.2, 0) is 4.79 Å². The number of rotatable bonds is 4. The molecule has 0 aliphatic carbocycles. The number of carbonyl (C=O) groups is 2. The smallest absolute Gasteiger partial charge is 0.258 e. The molecule has 1 heterocycles. The van der Waals surface area contributed by atoms with Gasteiger partial charge < -0.3 is 15.5 Å². The molecule has 2 aromatic rings. The molecule has 0 spiro atoms. The van der Waals surface area contributed by atoms with E-state index in [1.807, 2.05) is 36.4 Å². The average molecular weight is 337 g/mol. The molecule has 0 radical (unpaired) electrons. The zero-order valence-electron chi connectivity index (χ0n) is 14.4. The van der Waals surface area contributed by atoms with Crippen LogP contribution in [-0.4, -0.2) is 32.0 Å². The third-order valence-electron chi connectivity index (χ3n) is 4.49. The van der Waals surface area contributed by atoms with E-state index in [9.17, 15) is 9.59 Å². The summed E-state index contributed by atoms with van der Waals surface area (Å²) >= 11 is 0. The van der Waals surface area contributed by atoms with Crippen LogP contribution in [0.5, 0.6) is 0 Å². The second-order valence-electron chi connectivity index (χ2n) is 6.31. The van der Waals surface area contributed by atoms with E-state index >= 15 is 0 Å². The number of hydrogen-bond donors (Lipinski definition) is 2. The van der Waals surface area contributed by atoms with Crippen molar-refractivity contribution in [3.63, 3.8) is 0 Å². The van der Waals surface area contributed by atoms with Crippen LogP contribution in [0, 0.1) is 5.92 Å². The molecule has 25 heavy (non-hydrogen) atoms. The van der Waals surface area contributed by atoms with E-state index in [0.717, 1.165) is 25.1 Å². The van der Waals surface area contributed by atoms with Crippen molar-refractivity contribution in [2.75, 3.05) is 30.4 Å². The van der Waals surface area contributed by atoms with Crippen LogP contribution in [0.25, 0.3) is 0 Å². The minimum absolute atomic E-state index is 0.00760. The first-order chi connectivity index (χ1) is 12.1. The molecule has 3 rings (SSSR count). The van der Waals surface area contributed by atoms with Gasteiger partial charge in [0, 0.05) is 30.5 Å². The van der Waals surface area contributed by atoms with E-state index in [2.05, 4.69) is 10.6 Å². The second-order valence-corrected chi connectivity index (χ2v) is 6.31. The van der Waals surface area contributed by atoms with Gasteiger partial charge >= 0.3 is 0 Å². The Morgan fingerprint density at radius 1 is 1.12 bits per heavy atom. The molecule has 1 atom stereocenters. The Hall–Kier alpha value is -2.66. The van der Waals surface area contributed by atoms with Gasteiger partial charge in [0.1, 0.15) is 0 Å². The van der Waals surface area contributed by atoms with E-state index < -0.39 is 0 Å². The number of nitrogens with one attached hydrogen (secondary N) is 2. The zero-order valence-corrected chi connectivity index (χ0v) is 14.4. The minimum atomic E-state index is -0.110. The average Bonchev–Trinajstić information content (AvgIpc) is 2.68. The molecule has 0 saturated carbocycles. The summed E-state index contributed by atoms with van der Waals surface area (Å²) in [5.41, 5.74) is 2.03. The van der Waals surface area contributed by atoms with Gasteiger partial charge in [0.15, 0.2) is 0 Å². The summed E-state index contributed by atoms with van der Waals surface area (Å²) in [5, 5.41) is 6.18. The monoisotopic (exact) mass is 337 g/mol. The van der Waals surface area contributed by atoms with E-state index in [1.54, 1.807) is 30.1 Å². The van der Waals surface area contributed by atoms with Gasteiger partial charge in [-0.05, 0) is 49.7 Å². The van der Waals surface area contributed by atoms with Crippen LogP contribution in [0.1, 0.15) is 23.2 Å². The van der Waals surface area contributed by atoms with Crippen molar-refractivity contribution in [1.82, 2.24) is 5.32 Å². The molecule has 1 saturated heterocycles. The fourth-order valence-corrected chi connectivity index (χ4v) is 3.01. The summed E-state index contributed by atoms with van der Waals surface area (Å²) in [6.45, 7) is 1.68. The zero-order chi connectivity index (χ0) is 17.6. The van der Waals surface area contributed by atoms with Crippen LogP contribution in [0.3, 0.4) is 0 Å². The highest BCUT2D eigenvalue weighted by atomic mass is 16.2. The molecule has 1 fully saturated rings. The Morgan fingerprint density at radius 2 is 1.92 bits per heavy atom. The molecule has 1 unspecified atom stereocenters. The Bertz CT molecular complexity index is 740. The first kappa shape index (κ1) is 17.2. The Labute approximate surface area is 148 Å². The third kappa shape index (κ3) is 4.25. The Balaban J connectivity index is 1.70. The van der Waals surface area contributed by atoms with Gasteiger partial charge in [0.05, 0.1) is 5.92 Å². The van der Waals surface area contributed by atoms with Crippen molar-refractivity contribution >= 4 is 23.2 Å². The molecule has 1 aliphatic rings. The highest BCUT2D eigenvalue weighted by Crippen LogP contribution is 2.19. The van der Waals surface area contributed by atoms with Crippen LogP contribution in [0.15, 0.2) is 54.6 Å². The van der Waals surface area contributed by atoms with Gasteiger partial charge in [-0.3, -0.25) is 9.59 Å². The number of para-hydroxylation sites is 1. The molecule has 0 aromatic heterocycles. The number of anilines is 2. The Morgan fingerprint density at radius 3 is 2.64 bits per heavy atom. The lowest BCUT2D eigenvalue weighted by molar-refractivity contribution is -0.120. The molecule has 2 aromatic carbocycles. The summed E-state index contributed by atoms with van der Waals surface area (Å²) < 4.78 is 0. The van der Waals surface area contributed by atoms with Gasteiger partial charge in [-0.2, -0.15) is 0 Å². The van der Waals surface area contributed by atoms with Crippen molar-refractivity contribution in [1.29, 1.82) is 0 Å². The molecule has 0 bridgehead atoms. The summed E-state index contributed by atoms with van der Waals surface area (Å²) in [4.78, 5) is 26.6. The van der Waals surface area contributed by atoms with E-state index in [0.29, 0.717) is 17.8 Å². The van der Waals surface area contributed by atoms with E-state index in [-0.39, 0.29) is 17.7 Å². The molecule has 5 heteroatoms. The lowest BCUT2D eigenvalue weighted by atomic mass is 9.98. The van der Waals surface area contributed by atoms with Crippen molar-refractivity contribution in [3.8, 4) is 0 Å². The SMILES string of the molecule is CN(C(=O)c1cccc(NC(=O)C2CCCNC2)c1)c1ccccc1. The number of benzene rings is 2. The molecule has 2 amide bonds. The molecule has 2 N–H and O–H groups in total. The molecule has 130 valence electrons. The lowest BCUT2D eigenvalue weighted by Crippen LogP contribution is -2.37. The maximum Gasteiger partial charge on any atom is 0.258 e. The summed E-state index contributed by atoms with van der Waals surface area (Å²) in [6, 6.07) is 16.6. The predicted octanol–water partition coefficient (Wildman–Crippen LogP) is 2.90. The predicted molar refractivity (Wildman–Crippen MR) is 99.8 cm³/mol. The Kier molecular flexibility index (Phi) is 5.46. The quantitative estimate of drug-likeness (QED) is 0.902. The highest BCUT2D eigenvalue weighted by Gasteiger charge is 2.21. The van der Waals surface area contributed by atoms with Crippen LogP contribution in [0.2, 0.25) is 0 Å². The minimum Gasteiger partial charge on any atom is -0.326 e. The molecular formula is C20H23N3O2. The maximum atomic E-state index is 12.7. The van der Waals surface area contributed by atoms with Crippen LogP contribution in [0.4, 0.5) is 11.4 Å². The summed E-state index contributed by atoms with van der Waals surface area (Å²) in [6.07, 6.45) is 1.91. The van der Waals surface area contributed by atoms with Crippen molar-refractivity contribution in [2.45, 2.75) is 12.8 Å². The first-order valence-corrected chi connectivity index (χ1v) is 8.60. The fourth-order valence-electron chi connectivity index (χ4n) is 3.01. The van der Waals surface area contributed by atoms with Gasteiger partial charge in [-0.1, -0.05) is 24.3 Å². The van der Waals surface area contributed by atoms with Gasteiger partial charge in [-0.15, -0.1) is 0 Å². The van der Waals surface area contributed by atoms with E-state index in [4.69, 9.17) is 0 Å². The number of amides is 2. The topological polar surface area (TPSA) is 61.4 Å². The number of nitrogens with zero attached hydrogens (tertiary/aromatic N) is 1. The number of hydrogen-bond acceptors (Lipinski definition) is 3. The standard InChI is InChI=1S/C20H23N3O2/c1-23(18-10-3-2-4-11-18)20(25)15-7-5-9-17(13-15)22-19(24)16-8-6-12-21-14-16/h2-5,7,9-11,13,16,21H,6,8,12,14H2,1H3,(H,22,24).